The number of nitrogens with zero attached hydrogens (tertiary/aromatic N) is 3. The summed E-state index contributed by atoms with van der Waals surface area (Å²) in [7, 11) is 5.38. The number of aryl methyl sites for hydroxylation is 2. The van der Waals surface area contributed by atoms with Crippen molar-refractivity contribution in [1.29, 1.82) is 0 Å². The molecule has 2 rings (SSSR count). The number of methoxy groups -OCH3 is 1. The Morgan fingerprint density at radius 3 is 2.80 bits per heavy atom. The lowest BCUT2D eigenvalue weighted by atomic mass is 10.0. The number of aromatic nitrogens is 3. The molecule has 0 amide bonds. The lowest BCUT2D eigenvalue weighted by Gasteiger charge is -2.18. The van der Waals surface area contributed by atoms with Gasteiger partial charge in [-0.15, -0.1) is 0 Å². The highest BCUT2D eigenvalue weighted by molar-refractivity contribution is 6.30. The number of halogens is 1. The fourth-order valence-electron chi connectivity index (χ4n) is 2.32. The molecule has 1 atom stereocenters. The highest BCUT2D eigenvalue weighted by Gasteiger charge is 2.20. The van der Waals surface area contributed by atoms with E-state index in [1.165, 1.54) is 0 Å². The Kier molecular flexibility index (Phi) is 4.62. The Bertz CT molecular complexity index is 597. The number of hydrogen-bond acceptors (Lipinski definition) is 4. The molecule has 20 heavy (non-hydrogen) atoms. The van der Waals surface area contributed by atoms with Crippen LogP contribution in [0, 0.1) is 6.92 Å². The van der Waals surface area contributed by atoms with Crippen molar-refractivity contribution in [2.75, 3.05) is 14.2 Å². The minimum Gasteiger partial charge on any atom is -0.481 e. The number of nitrogens with one attached hydrogen (secondary N) is 1. The van der Waals surface area contributed by atoms with Crippen LogP contribution in [0.5, 0.6) is 5.88 Å². The Morgan fingerprint density at radius 2 is 2.25 bits per heavy atom. The molecule has 0 radical (unpaired) electrons. The molecule has 0 spiro atoms. The largest absolute Gasteiger partial charge is 0.481 e. The average Bonchev–Trinajstić information content (AvgIpc) is 2.70. The van der Waals surface area contributed by atoms with Gasteiger partial charge in [0.15, 0.2) is 0 Å². The van der Waals surface area contributed by atoms with Gasteiger partial charge in [0.1, 0.15) is 5.15 Å². The maximum absolute atomic E-state index is 6.30. The van der Waals surface area contributed by atoms with Gasteiger partial charge in [-0.2, -0.15) is 5.10 Å². The van der Waals surface area contributed by atoms with Gasteiger partial charge >= 0.3 is 0 Å². The monoisotopic (exact) mass is 294 g/mol. The molecule has 1 unspecified atom stereocenters. The number of ether oxygens (including phenoxy) is 1. The van der Waals surface area contributed by atoms with E-state index in [-0.39, 0.29) is 6.04 Å². The molecule has 2 heterocycles. The van der Waals surface area contributed by atoms with E-state index in [0.29, 0.717) is 11.0 Å². The van der Waals surface area contributed by atoms with Crippen molar-refractivity contribution in [2.24, 2.45) is 7.05 Å². The number of likely N-dealkylation sites (N-methyl/N-ethyl adjacent to an activating group) is 1. The predicted octanol–water partition coefficient (Wildman–Crippen LogP) is 2.29. The van der Waals surface area contributed by atoms with Crippen molar-refractivity contribution < 1.29 is 4.74 Å². The maximum atomic E-state index is 6.30. The fraction of sp³-hybridized carbons (Fsp3) is 0.429. The standard InChI is InChI=1S/C14H19ClN4O/c1-9-11(13(15)19(3)18-9)8-12(16-2)10-6-5-7-17-14(10)20-4/h5-7,12,16H,8H2,1-4H3. The van der Waals surface area contributed by atoms with Crippen LogP contribution in [0.25, 0.3) is 0 Å². The van der Waals surface area contributed by atoms with Gasteiger partial charge in [-0.25, -0.2) is 4.98 Å². The van der Waals surface area contributed by atoms with Crippen LogP contribution in [0.4, 0.5) is 0 Å². The molecule has 2 aromatic rings. The summed E-state index contributed by atoms with van der Waals surface area (Å²) >= 11 is 6.30. The van der Waals surface area contributed by atoms with Crippen LogP contribution in [0.1, 0.15) is 22.9 Å². The second-order valence-electron chi connectivity index (χ2n) is 4.63. The minimum absolute atomic E-state index is 0.0686. The second kappa shape index (κ2) is 6.24. The zero-order valence-electron chi connectivity index (χ0n) is 12.1. The van der Waals surface area contributed by atoms with Gasteiger partial charge in [-0.1, -0.05) is 17.7 Å². The van der Waals surface area contributed by atoms with Crippen molar-refractivity contribution in [1.82, 2.24) is 20.1 Å². The molecule has 1 N–H and O–H groups in total. The molecule has 0 aliphatic heterocycles. The van der Waals surface area contributed by atoms with Crippen molar-refractivity contribution in [2.45, 2.75) is 19.4 Å². The Labute approximate surface area is 123 Å². The van der Waals surface area contributed by atoms with Gasteiger partial charge in [0.2, 0.25) is 5.88 Å². The molecular weight excluding hydrogens is 276 g/mol. The van der Waals surface area contributed by atoms with Crippen molar-refractivity contribution >= 4 is 11.6 Å². The summed E-state index contributed by atoms with van der Waals surface area (Å²) in [5.74, 6) is 0.629. The van der Waals surface area contributed by atoms with E-state index in [1.807, 2.05) is 33.2 Å². The topological polar surface area (TPSA) is 52.0 Å². The summed E-state index contributed by atoms with van der Waals surface area (Å²) < 4.78 is 7.02. The van der Waals surface area contributed by atoms with Crippen LogP contribution in [-0.2, 0) is 13.5 Å². The van der Waals surface area contributed by atoms with E-state index < -0.39 is 0 Å². The zero-order valence-corrected chi connectivity index (χ0v) is 12.9. The van der Waals surface area contributed by atoms with Crippen molar-refractivity contribution in [3.05, 3.63) is 40.3 Å². The minimum atomic E-state index is 0.0686. The molecular formula is C14H19ClN4O. The van der Waals surface area contributed by atoms with Crippen LogP contribution in [0.3, 0.4) is 0 Å². The van der Waals surface area contributed by atoms with E-state index in [2.05, 4.69) is 15.4 Å². The Morgan fingerprint density at radius 1 is 1.50 bits per heavy atom. The van der Waals surface area contributed by atoms with Crippen LogP contribution in [0.2, 0.25) is 5.15 Å². The van der Waals surface area contributed by atoms with Crippen LogP contribution >= 0.6 is 11.6 Å². The summed E-state index contributed by atoms with van der Waals surface area (Å²) in [5, 5.41) is 8.31. The average molecular weight is 295 g/mol. The molecule has 0 aliphatic carbocycles. The van der Waals surface area contributed by atoms with E-state index in [1.54, 1.807) is 18.0 Å². The molecule has 0 bridgehead atoms. The summed E-state index contributed by atoms with van der Waals surface area (Å²) in [6, 6.07) is 3.98. The third kappa shape index (κ3) is 2.78. The SMILES string of the molecule is CNC(Cc1c(C)nn(C)c1Cl)c1cccnc1OC. The summed E-state index contributed by atoms with van der Waals surface area (Å²) in [6.45, 7) is 1.97. The lowest BCUT2D eigenvalue weighted by Crippen LogP contribution is -2.20. The molecule has 0 saturated heterocycles. The zero-order chi connectivity index (χ0) is 14.7. The second-order valence-corrected chi connectivity index (χ2v) is 4.98. The number of rotatable bonds is 5. The highest BCUT2D eigenvalue weighted by atomic mass is 35.5. The van der Waals surface area contributed by atoms with Crippen LogP contribution in [-0.4, -0.2) is 28.9 Å². The number of hydrogen-bond donors (Lipinski definition) is 1. The third-order valence-electron chi connectivity index (χ3n) is 3.40. The van der Waals surface area contributed by atoms with Crippen molar-refractivity contribution in [3.63, 3.8) is 0 Å². The molecule has 0 saturated carbocycles. The molecule has 2 aromatic heterocycles. The Balaban J connectivity index is 2.34. The molecule has 108 valence electrons. The van der Waals surface area contributed by atoms with Gasteiger partial charge < -0.3 is 10.1 Å². The van der Waals surface area contributed by atoms with E-state index in [9.17, 15) is 0 Å². The van der Waals surface area contributed by atoms with E-state index in [0.717, 1.165) is 23.2 Å². The first-order valence-corrected chi connectivity index (χ1v) is 6.80. The van der Waals surface area contributed by atoms with Crippen LogP contribution in [0.15, 0.2) is 18.3 Å². The van der Waals surface area contributed by atoms with E-state index >= 15 is 0 Å². The first kappa shape index (κ1) is 14.8. The first-order chi connectivity index (χ1) is 9.58. The van der Waals surface area contributed by atoms with E-state index in [4.69, 9.17) is 16.3 Å². The van der Waals surface area contributed by atoms with Gasteiger partial charge in [0.05, 0.1) is 12.8 Å². The summed E-state index contributed by atoms with van der Waals surface area (Å²) in [6.07, 6.45) is 2.45. The van der Waals surface area contributed by atoms with Crippen molar-refractivity contribution in [3.8, 4) is 5.88 Å². The fourth-order valence-corrected chi connectivity index (χ4v) is 2.57. The number of pyridine rings is 1. The smallest absolute Gasteiger partial charge is 0.217 e. The quantitative estimate of drug-likeness (QED) is 0.919. The third-order valence-corrected chi connectivity index (χ3v) is 3.87. The van der Waals surface area contributed by atoms with Gasteiger partial charge in [0.25, 0.3) is 0 Å². The molecule has 0 aliphatic rings. The molecule has 0 fully saturated rings. The maximum Gasteiger partial charge on any atom is 0.217 e. The predicted molar refractivity (Wildman–Crippen MR) is 79.2 cm³/mol. The Hall–Kier alpha value is -1.59. The normalized spacial score (nSPS) is 12.4. The highest BCUT2D eigenvalue weighted by Crippen LogP contribution is 2.29. The van der Waals surface area contributed by atoms with Gasteiger partial charge in [-0.05, 0) is 26.5 Å². The summed E-state index contributed by atoms with van der Waals surface area (Å²) in [4.78, 5) is 4.24. The van der Waals surface area contributed by atoms with Gasteiger partial charge in [0, 0.05) is 30.4 Å². The van der Waals surface area contributed by atoms with Gasteiger partial charge in [-0.3, -0.25) is 4.68 Å². The van der Waals surface area contributed by atoms with Crippen LogP contribution < -0.4 is 10.1 Å². The molecule has 6 heteroatoms. The molecule has 5 nitrogen and oxygen atoms in total. The first-order valence-electron chi connectivity index (χ1n) is 6.42. The summed E-state index contributed by atoms with van der Waals surface area (Å²) in [5.41, 5.74) is 3.00. The lowest BCUT2D eigenvalue weighted by molar-refractivity contribution is 0.384. The molecule has 0 aromatic carbocycles.